The molecule has 0 amide bonds. The van der Waals surface area contributed by atoms with Gasteiger partial charge in [0, 0.05) is 19.2 Å². The molecule has 1 aliphatic rings. The van der Waals surface area contributed by atoms with Crippen molar-refractivity contribution in [3.05, 3.63) is 44.0 Å². The molecule has 1 saturated carbocycles. The van der Waals surface area contributed by atoms with Gasteiger partial charge in [-0.05, 0) is 34.8 Å². The summed E-state index contributed by atoms with van der Waals surface area (Å²) in [5, 5.41) is 8.21. The highest BCUT2D eigenvalue weighted by Gasteiger charge is 2.37. The third kappa shape index (κ3) is 2.94. The van der Waals surface area contributed by atoms with Crippen LogP contribution in [-0.2, 0) is 19.8 Å². The highest BCUT2D eigenvalue weighted by atomic mass is 79.9. The van der Waals surface area contributed by atoms with E-state index in [0.717, 1.165) is 23.6 Å². The first-order chi connectivity index (χ1) is 10.3. The average Bonchev–Trinajstić information content (AvgIpc) is 3.18. The van der Waals surface area contributed by atoms with Crippen LogP contribution in [0.5, 0.6) is 0 Å². The van der Waals surface area contributed by atoms with Crippen LogP contribution in [0.3, 0.4) is 0 Å². The van der Waals surface area contributed by atoms with Crippen molar-refractivity contribution in [1.29, 1.82) is 0 Å². The number of aryl methyl sites for hydroxylation is 1. The van der Waals surface area contributed by atoms with Gasteiger partial charge in [0.15, 0.2) is 0 Å². The quantitative estimate of drug-likeness (QED) is 0.827. The van der Waals surface area contributed by atoms with E-state index in [9.17, 15) is 18.0 Å². The Bertz CT molecular complexity index is 777. The molecular formula is C13H12BrF3N4O. The molecular weight excluding hydrogens is 365 g/mol. The van der Waals surface area contributed by atoms with Crippen molar-refractivity contribution in [3.8, 4) is 0 Å². The summed E-state index contributed by atoms with van der Waals surface area (Å²) < 4.78 is 42.1. The predicted molar refractivity (Wildman–Crippen MR) is 75.5 cm³/mol. The first kappa shape index (κ1) is 15.3. The van der Waals surface area contributed by atoms with Crippen molar-refractivity contribution < 1.29 is 13.2 Å². The summed E-state index contributed by atoms with van der Waals surface area (Å²) in [7, 11) is 1.69. The number of aromatic nitrogens is 4. The van der Waals surface area contributed by atoms with Crippen molar-refractivity contribution in [3.63, 3.8) is 0 Å². The first-order valence-electron chi connectivity index (χ1n) is 6.63. The van der Waals surface area contributed by atoms with Crippen LogP contribution in [0.4, 0.5) is 13.2 Å². The molecule has 3 rings (SSSR count). The lowest BCUT2D eigenvalue weighted by Crippen LogP contribution is -2.32. The zero-order valence-electron chi connectivity index (χ0n) is 11.6. The fourth-order valence-electron chi connectivity index (χ4n) is 2.21. The highest BCUT2D eigenvalue weighted by molar-refractivity contribution is 9.10. The number of alkyl halides is 3. The lowest BCUT2D eigenvalue weighted by molar-refractivity contribution is -0.139. The largest absolute Gasteiger partial charge is 0.421 e. The molecule has 0 atom stereocenters. The van der Waals surface area contributed by atoms with Crippen LogP contribution in [0.1, 0.15) is 35.7 Å². The molecule has 118 valence electrons. The number of hydrogen-bond donors (Lipinski definition) is 0. The van der Waals surface area contributed by atoms with E-state index in [1.165, 1.54) is 4.68 Å². The minimum atomic E-state index is -4.69. The van der Waals surface area contributed by atoms with Crippen molar-refractivity contribution in [2.45, 2.75) is 31.5 Å². The summed E-state index contributed by atoms with van der Waals surface area (Å²) in [5.74, 6) is 0.0140. The van der Waals surface area contributed by atoms with E-state index in [-0.39, 0.29) is 12.5 Å². The lowest BCUT2D eigenvalue weighted by Gasteiger charge is -2.11. The van der Waals surface area contributed by atoms with Gasteiger partial charge in [-0.15, -0.1) is 0 Å². The molecule has 0 radical (unpaired) electrons. The van der Waals surface area contributed by atoms with E-state index in [0.29, 0.717) is 15.9 Å². The Morgan fingerprint density at radius 1 is 1.36 bits per heavy atom. The normalized spacial score (nSPS) is 15.3. The van der Waals surface area contributed by atoms with E-state index in [4.69, 9.17) is 0 Å². The maximum absolute atomic E-state index is 13.0. The zero-order chi connectivity index (χ0) is 16.1. The van der Waals surface area contributed by atoms with Gasteiger partial charge in [-0.1, -0.05) is 0 Å². The van der Waals surface area contributed by atoms with Gasteiger partial charge in [0.1, 0.15) is 5.56 Å². The fourth-order valence-corrected chi connectivity index (χ4v) is 2.71. The van der Waals surface area contributed by atoms with Crippen LogP contribution in [0.25, 0.3) is 0 Å². The smallest absolute Gasteiger partial charge is 0.274 e. The van der Waals surface area contributed by atoms with Gasteiger partial charge >= 0.3 is 6.18 Å². The average molecular weight is 377 g/mol. The number of nitrogens with zero attached hydrogens (tertiary/aromatic N) is 4. The van der Waals surface area contributed by atoms with Crippen molar-refractivity contribution in [2.75, 3.05) is 0 Å². The molecule has 2 aromatic rings. The second kappa shape index (κ2) is 5.22. The number of rotatable bonds is 3. The van der Waals surface area contributed by atoms with Crippen molar-refractivity contribution in [1.82, 2.24) is 19.6 Å². The van der Waals surface area contributed by atoms with E-state index in [2.05, 4.69) is 26.1 Å². The lowest BCUT2D eigenvalue weighted by atomic mass is 10.2. The van der Waals surface area contributed by atoms with Gasteiger partial charge in [0.05, 0.1) is 22.4 Å². The summed E-state index contributed by atoms with van der Waals surface area (Å²) >= 11 is 3.27. The van der Waals surface area contributed by atoms with Crippen LogP contribution in [0, 0.1) is 0 Å². The molecule has 0 bridgehead atoms. The molecule has 0 saturated heterocycles. The molecule has 0 aliphatic heterocycles. The second-order valence-electron chi connectivity index (χ2n) is 5.32. The molecule has 0 spiro atoms. The van der Waals surface area contributed by atoms with Gasteiger partial charge < -0.3 is 0 Å². The van der Waals surface area contributed by atoms with Gasteiger partial charge in [-0.25, -0.2) is 4.68 Å². The number of halogens is 4. The molecule has 0 aromatic carbocycles. The van der Waals surface area contributed by atoms with Crippen LogP contribution >= 0.6 is 15.9 Å². The third-order valence-corrected chi connectivity index (χ3v) is 4.11. The van der Waals surface area contributed by atoms with Crippen LogP contribution < -0.4 is 5.56 Å². The van der Waals surface area contributed by atoms with Crippen LogP contribution in [-0.4, -0.2) is 19.6 Å². The molecule has 1 aliphatic carbocycles. The van der Waals surface area contributed by atoms with Crippen molar-refractivity contribution in [2.24, 2.45) is 7.05 Å². The summed E-state index contributed by atoms with van der Waals surface area (Å²) in [5.41, 5.74) is -1.54. The molecule has 0 N–H and O–H groups in total. The summed E-state index contributed by atoms with van der Waals surface area (Å²) in [6.07, 6.45) is -1.42. The van der Waals surface area contributed by atoms with E-state index in [1.807, 2.05) is 0 Å². The van der Waals surface area contributed by atoms with Gasteiger partial charge in [0.25, 0.3) is 5.56 Å². The third-order valence-electron chi connectivity index (χ3n) is 3.45. The SMILES string of the molecule is Cn1cc(Br)c(Cn2nc(C3CC3)cc(C(F)(F)F)c2=O)n1. The Balaban J connectivity index is 2.08. The molecule has 2 heterocycles. The van der Waals surface area contributed by atoms with Gasteiger partial charge in [-0.3, -0.25) is 9.48 Å². The molecule has 5 nitrogen and oxygen atoms in total. The Kier molecular flexibility index (Phi) is 3.62. The second-order valence-corrected chi connectivity index (χ2v) is 6.17. The zero-order valence-corrected chi connectivity index (χ0v) is 13.1. The Morgan fingerprint density at radius 2 is 2.05 bits per heavy atom. The van der Waals surface area contributed by atoms with E-state index >= 15 is 0 Å². The maximum atomic E-state index is 13.0. The summed E-state index contributed by atoms with van der Waals surface area (Å²) in [4.78, 5) is 12.1. The minimum absolute atomic E-state index is 0.0140. The number of hydrogen-bond acceptors (Lipinski definition) is 3. The minimum Gasteiger partial charge on any atom is -0.274 e. The first-order valence-corrected chi connectivity index (χ1v) is 7.42. The molecule has 22 heavy (non-hydrogen) atoms. The molecule has 9 heteroatoms. The van der Waals surface area contributed by atoms with Gasteiger partial charge in [0.2, 0.25) is 0 Å². The predicted octanol–water partition coefficient (Wildman–Crippen LogP) is 2.68. The molecule has 0 unspecified atom stereocenters. The molecule has 2 aromatic heterocycles. The Morgan fingerprint density at radius 3 is 2.55 bits per heavy atom. The maximum Gasteiger partial charge on any atom is 0.421 e. The summed E-state index contributed by atoms with van der Waals surface area (Å²) in [6, 6.07) is 0.879. The topological polar surface area (TPSA) is 52.7 Å². The van der Waals surface area contributed by atoms with Crippen LogP contribution in [0.15, 0.2) is 21.5 Å². The Hall–Kier alpha value is -1.64. The van der Waals surface area contributed by atoms with E-state index < -0.39 is 17.3 Å². The monoisotopic (exact) mass is 376 g/mol. The fraction of sp³-hybridized carbons (Fsp3) is 0.462. The summed E-state index contributed by atoms with van der Waals surface area (Å²) in [6.45, 7) is -0.107. The standard InChI is InChI=1S/C13H12BrF3N4O/c1-20-5-9(14)11(18-20)6-21-12(22)8(13(15,16)17)4-10(19-21)7-2-3-7/h4-5,7H,2-3,6H2,1H3. The van der Waals surface area contributed by atoms with Crippen LogP contribution in [0.2, 0.25) is 0 Å². The molecule has 1 fully saturated rings. The highest BCUT2D eigenvalue weighted by Crippen LogP contribution is 2.40. The Labute approximate surface area is 131 Å². The van der Waals surface area contributed by atoms with Crippen molar-refractivity contribution >= 4 is 15.9 Å². The van der Waals surface area contributed by atoms with E-state index in [1.54, 1.807) is 13.2 Å². The van der Waals surface area contributed by atoms with Gasteiger partial charge in [-0.2, -0.15) is 23.4 Å².